The molecule has 0 aliphatic rings. The molecule has 1 atom stereocenters. The van der Waals surface area contributed by atoms with Crippen LogP contribution in [0.5, 0.6) is 0 Å². The number of aliphatic carboxylic acids is 2. The average molecular weight is 433 g/mol. The summed E-state index contributed by atoms with van der Waals surface area (Å²) in [5, 5.41) is 18.8. The second-order valence-corrected chi connectivity index (χ2v) is 6.84. The van der Waals surface area contributed by atoms with E-state index in [0.29, 0.717) is 18.1 Å². The number of nitrogens with zero attached hydrogens (tertiary/aromatic N) is 2. The maximum atomic E-state index is 9.41. The fourth-order valence-electron chi connectivity index (χ4n) is 2.29. The van der Waals surface area contributed by atoms with Crippen LogP contribution < -0.4 is 10.2 Å². The van der Waals surface area contributed by atoms with Crippen LogP contribution in [0.4, 0.5) is 0 Å². The summed E-state index contributed by atoms with van der Waals surface area (Å²) < 4.78 is 1.11. The third-order valence-electron chi connectivity index (χ3n) is 3.54. The molecule has 7 heteroatoms. The van der Waals surface area contributed by atoms with E-state index in [1.807, 2.05) is 12.3 Å². The van der Waals surface area contributed by atoms with Crippen molar-refractivity contribution in [3.63, 3.8) is 0 Å². The smallest absolute Gasteiger partial charge is 0.0643 e. The van der Waals surface area contributed by atoms with Crippen LogP contribution in [-0.4, -0.2) is 42.5 Å². The summed E-state index contributed by atoms with van der Waals surface area (Å²) in [6.07, 6.45) is 3.72. The molecule has 0 saturated carbocycles. The molecule has 0 aliphatic heterocycles. The third kappa shape index (κ3) is 9.67. The minimum absolute atomic E-state index is 0.358. The minimum atomic E-state index is -1.55. The van der Waals surface area contributed by atoms with Gasteiger partial charge < -0.3 is 24.7 Å². The number of carbonyl (C=O) groups excluding carboxylic acids is 2. The van der Waals surface area contributed by atoms with Gasteiger partial charge in [0, 0.05) is 22.3 Å². The highest BCUT2D eigenvalue weighted by Gasteiger charge is 2.15. The molecular formula is C20H21BrN2O4-2. The number of benzene rings is 1. The summed E-state index contributed by atoms with van der Waals surface area (Å²) in [6, 6.07) is 14.7. The lowest BCUT2D eigenvalue weighted by atomic mass is 9.92. The first-order chi connectivity index (χ1) is 12.8. The van der Waals surface area contributed by atoms with Crippen molar-refractivity contribution >= 4 is 27.9 Å². The molecule has 2 aromatic rings. The van der Waals surface area contributed by atoms with E-state index in [4.69, 9.17) is 0 Å². The SMILES string of the molecule is CN(C)CCC(c1ccc(Br)cc1)c1ccccn1.O=C([O-])/C=C\C(=O)[O-]. The number of hydrogen-bond acceptors (Lipinski definition) is 6. The topological polar surface area (TPSA) is 96.4 Å². The van der Waals surface area contributed by atoms with Crippen molar-refractivity contribution in [1.82, 2.24) is 9.88 Å². The van der Waals surface area contributed by atoms with Gasteiger partial charge in [0.25, 0.3) is 0 Å². The molecule has 1 aromatic carbocycles. The number of carbonyl (C=O) groups is 2. The Labute approximate surface area is 167 Å². The van der Waals surface area contributed by atoms with Gasteiger partial charge in [-0.3, -0.25) is 4.98 Å². The van der Waals surface area contributed by atoms with Gasteiger partial charge in [0.05, 0.1) is 11.9 Å². The van der Waals surface area contributed by atoms with E-state index in [1.54, 1.807) is 0 Å². The lowest BCUT2D eigenvalue weighted by molar-refractivity contribution is -0.301. The maximum Gasteiger partial charge on any atom is 0.0643 e. The molecule has 0 fully saturated rings. The number of carboxylic acids is 2. The highest BCUT2D eigenvalue weighted by Crippen LogP contribution is 2.27. The standard InChI is InChI=1S/C16H19BrN2.C4H4O4/c1-19(2)12-10-15(16-5-3-4-11-18-16)13-6-8-14(17)9-7-13;5-3(6)1-2-4(7)8/h3-9,11,15H,10,12H2,1-2H3;1-2H,(H,5,6)(H,7,8)/p-2/b;2-1-. The van der Waals surface area contributed by atoms with E-state index in [0.717, 1.165) is 23.1 Å². The van der Waals surface area contributed by atoms with E-state index < -0.39 is 11.9 Å². The molecule has 144 valence electrons. The Hall–Kier alpha value is -2.51. The molecule has 0 spiro atoms. The molecule has 27 heavy (non-hydrogen) atoms. The van der Waals surface area contributed by atoms with Crippen LogP contribution in [-0.2, 0) is 9.59 Å². The fraction of sp³-hybridized carbons (Fsp3) is 0.250. The summed E-state index contributed by atoms with van der Waals surface area (Å²) in [6.45, 7) is 1.05. The van der Waals surface area contributed by atoms with Gasteiger partial charge in [-0.2, -0.15) is 0 Å². The van der Waals surface area contributed by atoms with Gasteiger partial charge in [-0.15, -0.1) is 0 Å². The number of halogens is 1. The van der Waals surface area contributed by atoms with Crippen molar-refractivity contribution in [2.75, 3.05) is 20.6 Å². The fourth-order valence-corrected chi connectivity index (χ4v) is 2.55. The first-order valence-electron chi connectivity index (χ1n) is 8.20. The van der Waals surface area contributed by atoms with Gasteiger partial charge in [-0.05, 0) is 69.0 Å². The van der Waals surface area contributed by atoms with E-state index >= 15 is 0 Å². The van der Waals surface area contributed by atoms with Gasteiger partial charge in [-0.1, -0.05) is 34.1 Å². The maximum absolute atomic E-state index is 9.41. The second kappa shape index (κ2) is 12.0. The number of hydrogen-bond donors (Lipinski definition) is 0. The van der Waals surface area contributed by atoms with Crippen molar-refractivity contribution < 1.29 is 19.8 Å². The van der Waals surface area contributed by atoms with Crippen molar-refractivity contribution in [2.24, 2.45) is 0 Å². The highest BCUT2D eigenvalue weighted by molar-refractivity contribution is 9.10. The molecule has 0 saturated heterocycles. The Morgan fingerprint density at radius 2 is 1.67 bits per heavy atom. The van der Waals surface area contributed by atoms with Crippen molar-refractivity contribution in [2.45, 2.75) is 12.3 Å². The molecule has 6 nitrogen and oxygen atoms in total. The molecule has 2 rings (SSSR count). The monoisotopic (exact) mass is 432 g/mol. The second-order valence-electron chi connectivity index (χ2n) is 5.92. The predicted octanol–water partition coefficient (Wildman–Crippen LogP) is 0.970. The Bertz CT molecular complexity index is 730. The zero-order valence-corrected chi connectivity index (χ0v) is 16.8. The first kappa shape index (κ1) is 22.5. The van der Waals surface area contributed by atoms with Gasteiger partial charge in [0.2, 0.25) is 0 Å². The largest absolute Gasteiger partial charge is 0.545 e. The van der Waals surface area contributed by atoms with Crippen LogP contribution in [0, 0.1) is 0 Å². The van der Waals surface area contributed by atoms with Crippen LogP contribution in [0.1, 0.15) is 23.6 Å². The van der Waals surface area contributed by atoms with Crippen molar-refractivity contribution in [1.29, 1.82) is 0 Å². The van der Waals surface area contributed by atoms with Crippen LogP contribution in [0.3, 0.4) is 0 Å². The summed E-state index contributed by atoms with van der Waals surface area (Å²) in [5.41, 5.74) is 2.47. The lowest BCUT2D eigenvalue weighted by Gasteiger charge is -2.19. The number of carboxylic acid groups (broad SMARTS) is 2. The molecule has 0 aliphatic carbocycles. The van der Waals surface area contributed by atoms with E-state index in [1.165, 1.54) is 5.56 Å². The molecule has 0 bridgehead atoms. The van der Waals surface area contributed by atoms with Crippen LogP contribution in [0.2, 0.25) is 0 Å². The van der Waals surface area contributed by atoms with E-state index in [2.05, 4.69) is 76.3 Å². The van der Waals surface area contributed by atoms with Gasteiger partial charge in [0.1, 0.15) is 0 Å². The number of rotatable bonds is 7. The molecule has 0 N–H and O–H groups in total. The summed E-state index contributed by atoms with van der Waals surface area (Å²) in [5.74, 6) is -2.74. The van der Waals surface area contributed by atoms with E-state index in [9.17, 15) is 19.8 Å². The predicted molar refractivity (Wildman–Crippen MR) is 103 cm³/mol. The lowest BCUT2D eigenvalue weighted by Crippen LogP contribution is -2.23. The average Bonchev–Trinajstić information content (AvgIpc) is 2.63. The molecule has 1 unspecified atom stereocenters. The molecule has 0 amide bonds. The Kier molecular flexibility index (Phi) is 10.00. The quantitative estimate of drug-likeness (QED) is 0.604. The Morgan fingerprint density at radius 1 is 1.07 bits per heavy atom. The molecule has 0 radical (unpaired) electrons. The Balaban J connectivity index is 0.000000387. The number of aromatic nitrogens is 1. The van der Waals surface area contributed by atoms with Gasteiger partial charge in [-0.25, -0.2) is 0 Å². The summed E-state index contributed by atoms with van der Waals surface area (Å²) in [7, 11) is 4.22. The molecule has 1 aromatic heterocycles. The summed E-state index contributed by atoms with van der Waals surface area (Å²) in [4.78, 5) is 25.6. The number of pyridine rings is 1. The molecular weight excluding hydrogens is 412 g/mol. The zero-order valence-electron chi connectivity index (χ0n) is 15.2. The Morgan fingerprint density at radius 3 is 2.11 bits per heavy atom. The van der Waals surface area contributed by atoms with Crippen LogP contribution in [0.15, 0.2) is 65.3 Å². The normalized spacial score (nSPS) is 11.7. The molecule has 1 heterocycles. The summed E-state index contributed by atoms with van der Waals surface area (Å²) >= 11 is 3.49. The van der Waals surface area contributed by atoms with Crippen LogP contribution >= 0.6 is 15.9 Å². The minimum Gasteiger partial charge on any atom is -0.545 e. The zero-order chi connectivity index (χ0) is 20.2. The van der Waals surface area contributed by atoms with Crippen molar-refractivity contribution in [3.8, 4) is 0 Å². The first-order valence-corrected chi connectivity index (χ1v) is 9.00. The highest BCUT2D eigenvalue weighted by atomic mass is 79.9. The van der Waals surface area contributed by atoms with Gasteiger partial charge >= 0.3 is 0 Å². The van der Waals surface area contributed by atoms with Crippen LogP contribution in [0.25, 0.3) is 0 Å². The van der Waals surface area contributed by atoms with E-state index in [-0.39, 0.29) is 0 Å². The van der Waals surface area contributed by atoms with Gasteiger partial charge in [0.15, 0.2) is 0 Å². The van der Waals surface area contributed by atoms with Crippen molar-refractivity contribution in [3.05, 3.63) is 76.5 Å². The third-order valence-corrected chi connectivity index (χ3v) is 4.07.